The lowest BCUT2D eigenvalue weighted by Crippen LogP contribution is -2.27. The minimum Gasteiger partial charge on any atom is -0.341 e. The predicted molar refractivity (Wildman–Crippen MR) is 90.0 cm³/mol. The highest BCUT2D eigenvalue weighted by Crippen LogP contribution is 2.31. The number of alkyl halides is 3. The number of carbonyl (C=O) groups excluding carboxylic acids is 2. The Morgan fingerprint density at radius 2 is 1.56 bits per heavy atom. The lowest BCUT2D eigenvalue weighted by atomic mass is 10.2. The number of carbonyl (C=O) groups is 2. The van der Waals surface area contributed by atoms with Gasteiger partial charge in [-0.2, -0.15) is 13.2 Å². The van der Waals surface area contributed by atoms with Crippen LogP contribution in [0, 0.1) is 0 Å². The van der Waals surface area contributed by atoms with Crippen molar-refractivity contribution in [2.45, 2.75) is 10.5 Å². The number of anilines is 2. The van der Waals surface area contributed by atoms with Gasteiger partial charge in [-0.1, -0.05) is 0 Å². The number of aromatic nitrogens is 1. The molecule has 3 amide bonds. The first-order chi connectivity index (χ1) is 12.6. The molecular weight excluding hydrogens is 389 g/mol. The molecule has 1 aromatic heterocycles. The van der Waals surface area contributed by atoms with Crippen LogP contribution in [0.2, 0.25) is 0 Å². The van der Waals surface area contributed by atoms with Gasteiger partial charge in [-0.25, -0.2) is 18.2 Å². The highest BCUT2D eigenvalue weighted by atomic mass is 32.2. The van der Waals surface area contributed by atoms with Crippen molar-refractivity contribution in [1.82, 2.24) is 10.3 Å². The molecule has 1 heterocycles. The zero-order valence-electron chi connectivity index (χ0n) is 13.7. The SMILES string of the molecule is CNC(=O)Nc1ccc(NC(=O)c2cccnc2S(=O)(=O)C(F)(F)F)cc1. The first-order valence-electron chi connectivity index (χ1n) is 7.23. The lowest BCUT2D eigenvalue weighted by Gasteiger charge is -2.12. The first-order valence-corrected chi connectivity index (χ1v) is 8.71. The van der Waals surface area contributed by atoms with Gasteiger partial charge >= 0.3 is 11.5 Å². The molecule has 0 aliphatic rings. The molecule has 0 aliphatic carbocycles. The van der Waals surface area contributed by atoms with Crippen LogP contribution >= 0.6 is 0 Å². The molecule has 144 valence electrons. The van der Waals surface area contributed by atoms with Crippen molar-refractivity contribution in [2.75, 3.05) is 17.7 Å². The number of halogens is 3. The molecule has 0 spiro atoms. The largest absolute Gasteiger partial charge is 0.503 e. The second-order valence-corrected chi connectivity index (χ2v) is 6.90. The summed E-state index contributed by atoms with van der Waals surface area (Å²) in [7, 11) is -4.37. The summed E-state index contributed by atoms with van der Waals surface area (Å²) in [5.74, 6) is -1.09. The summed E-state index contributed by atoms with van der Waals surface area (Å²) in [6.45, 7) is 0. The highest BCUT2D eigenvalue weighted by molar-refractivity contribution is 7.92. The minimum absolute atomic E-state index is 0.168. The Morgan fingerprint density at radius 1 is 1.00 bits per heavy atom. The molecule has 8 nitrogen and oxygen atoms in total. The van der Waals surface area contributed by atoms with Crippen molar-refractivity contribution >= 4 is 33.2 Å². The Hall–Kier alpha value is -3.15. The molecule has 0 fully saturated rings. The summed E-state index contributed by atoms with van der Waals surface area (Å²) in [5, 5.41) is 5.71. The van der Waals surface area contributed by atoms with Gasteiger partial charge in [-0.15, -0.1) is 0 Å². The van der Waals surface area contributed by atoms with E-state index in [2.05, 4.69) is 20.9 Å². The summed E-state index contributed by atoms with van der Waals surface area (Å²) in [6.07, 6.45) is 0.842. The molecule has 2 aromatic rings. The second kappa shape index (κ2) is 7.61. The molecule has 12 heteroatoms. The monoisotopic (exact) mass is 402 g/mol. The zero-order chi connectivity index (χ0) is 20.2. The van der Waals surface area contributed by atoms with Gasteiger partial charge in [0.05, 0.1) is 5.56 Å². The Kier molecular flexibility index (Phi) is 5.69. The van der Waals surface area contributed by atoms with Crippen molar-refractivity contribution in [3.05, 3.63) is 48.2 Å². The number of nitrogens with zero attached hydrogens (tertiary/aromatic N) is 1. The second-order valence-electron chi connectivity index (χ2n) is 5.04. The Balaban J connectivity index is 2.26. The van der Waals surface area contributed by atoms with Crippen LogP contribution in [0.1, 0.15) is 10.4 Å². The fourth-order valence-corrected chi connectivity index (χ4v) is 2.79. The van der Waals surface area contributed by atoms with Crippen LogP contribution in [0.15, 0.2) is 47.6 Å². The quantitative estimate of drug-likeness (QED) is 0.726. The van der Waals surface area contributed by atoms with Crippen molar-refractivity contribution in [3.8, 4) is 0 Å². The summed E-state index contributed by atoms with van der Waals surface area (Å²) >= 11 is 0. The Bertz CT molecular complexity index is 960. The maximum Gasteiger partial charge on any atom is 0.503 e. The third-order valence-electron chi connectivity index (χ3n) is 3.20. The van der Waals surface area contributed by atoms with Crippen LogP contribution in [-0.4, -0.2) is 37.9 Å². The van der Waals surface area contributed by atoms with Crippen LogP contribution in [-0.2, 0) is 9.84 Å². The molecule has 0 bridgehead atoms. The van der Waals surface area contributed by atoms with E-state index in [1.54, 1.807) is 0 Å². The number of nitrogens with one attached hydrogen (secondary N) is 3. The van der Waals surface area contributed by atoms with E-state index < -0.39 is 37.9 Å². The topological polar surface area (TPSA) is 117 Å². The third kappa shape index (κ3) is 4.53. The van der Waals surface area contributed by atoms with Crippen molar-refractivity contribution in [1.29, 1.82) is 0 Å². The van der Waals surface area contributed by atoms with E-state index in [9.17, 15) is 31.2 Å². The maximum absolute atomic E-state index is 12.8. The molecule has 0 aliphatic heterocycles. The van der Waals surface area contributed by atoms with E-state index in [1.807, 2.05) is 0 Å². The van der Waals surface area contributed by atoms with Crippen LogP contribution in [0.4, 0.5) is 29.3 Å². The van der Waals surface area contributed by atoms with Gasteiger partial charge in [0.15, 0.2) is 5.03 Å². The van der Waals surface area contributed by atoms with Gasteiger partial charge in [-0.05, 0) is 36.4 Å². The fourth-order valence-electron chi connectivity index (χ4n) is 1.92. The number of hydrogen-bond acceptors (Lipinski definition) is 5. The van der Waals surface area contributed by atoms with Crippen molar-refractivity contribution in [3.63, 3.8) is 0 Å². The van der Waals surface area contributed by atoms with Crippen molar-refractivity contribution in [2.24, 2.45) is 0 Å². The summed E-state index contributed by atoms with van der Waals surface area (Å²) in [6, 6.07) is 7.20. The van der Waals surface area contributed by atoms with E-state index in [4.69, 9.17) is 0 Å². The molecule has 0 unspecified atom stereocenters. The van der Waals surface area contributed by atoms with E-state index in [0.29, 0.717) is 5.69 Å². The zero-order valence-corrected chi connectivity index (χ0v) is 14.5. The molecule has 2 rings (SSSR count). The Labute approximate surface area is 151 Å². The normalized spacial score (nSPS) is 11.6. The molecule has 0 saturated heterocycles. The maximum atomic E-state index is 12.8. The predicted octanol–water partition coefficient (Wildman–Crippen LogP) is 2.38. The lowest BCUT2D eigenvalue weighted by molar-refractivity contribution is -0.0438. The smallest absolute Gasteiger partial charge is 0.341 e. The van der Waals surface area contributed by atoms with Gasteiger partial charge in [0.2, 0.25) is 0 Å². The number of sulfone groups is 1. The molecule has 27 heavy (non-hydrogen) atoms. The van der Waals surface area contributed by atoms with Gasteiger partial charge in [0.25, 0.3) is 15.7 Å². The molecule has 1 aromatic carbocycles. The molecule has 0 saturated carbocycles. The number of urea groups is 1. The molecule has 0 radical (unpaired) electrons. The van der Waals surface area contributed by atoms with E-state index in [1.165, 1.54) is 31.3 Å². The van der Waals surface area contributed by atoms with E-state index in [-0.39, 0.29) is 5.69 Å². The van der Waals surface area contributed by atoms with Gasteiger partial charge in [0, 0.05) is 24.6 Å². The average molecular weight is 402 g/mol. The summed E-state index contributed by atoms with van der Waals surface area (Å²) < 4.78 is 61.5. The van der Waals surface area contributed by atoms with Crippen molar-refractivity contribution < 1.29 is 31.2 Å². The highest BCUT2D eigenvalue weighted by Gasteiger charge is 2.49. The molecule has 3 N–H and O–H groups in total. The fraction of sp³-hybridized carbons (Fsp3) is 0.133. The standard InChI is InChI=1S/C15H13F3N4O4S/c1-19-14(24)22-10-6-4-9(5-7-10)21-12(23)11-3-2-8-20-13(11)27(25,26)15(16,17)18/h2-8H,1H3,(H,21,23)(H2,19,22,24). The summed E-state index contributed by atoms with van der Waals surface area (Å²) in [4.78, 5) is 26.7. The number of pyridine rings is 1. The number of amides is 3. The summed E-state index contributed by atoms with van der Waals surface area (Å²) in [5.41, 5.74) is -5.78. The number of benzene rings is 1. The molecule has 0 atom stereocenters. The van der Waals surface area contributed by atoms with Crippen LogP contribution < -0.4 is 16.0 Å². The number of hydrogen-bond donors (Lipinski definition) is 3. The average Bonchev–Trinajstić information content (AvgIpc) is 2.62. The third-order valence-corrected chi connectivity index (χ3v) is 4.65. The van der Waals surface area contributed by atoms with Gasteiger partial charge in [0.1, 0.15) is 0 Å². The minimum atomic E-state index is -5.79. The van der Waals surface area contributed by atoms with Gasteiger partial charge < -0.3 is 16.0 Å². The van der Waals surface area contributed by atoms with E-state index >= 15 is 0 Å². The van der Waals surface area contributed by atoms with Gasteiger partial charge in [-0.3, -0.25) is 4.79 Å². The van der Waals surface area contributed by atoms with Crippen LogP contribution in [0.3, 0.4) is 0 Å². The van der Waals surface area contributed by atoms with E-state index in [0.717, 1.165) is 18.3 Å². The Morgan fingerprint density at radius 3 is 2.07 bits per heavy atom. The number of rotatable bonds is 4. The molecular formula is C15H13F3N4O4S. The van der Waals surface area contributed by atoms with Crippen LogP contribution in [0.25, 0.3) is 0 Å². The first kappa shape index (κ1) is 20.2. The van der Waals surface area contributed by atoms with Crippen LogP contribution in [0.5, 0.6) is 0 Å².